The van der Waals surface area contributed by atoms with Crippen LogP contribution in [-0.2, 0) is 0 Å². The molecule has 3 rings (SSSR count). The third-order valence-electron chi connectivity index (χ3n) is 2.84. The van der Waals surface area contributed by atoms with Crippen molar-refractivity contribution in [3.63, 3.8) is 0 Å². The molecular formula is C16H11IO2. The molecule has 0 aliphatic carbocycles. The second kappa shape index (κ2) is 5.09. The van der Waals surface area contributed by atoms with E-state index in [4.69, 9.17) is 4.74 Å². The lowest BCUT2D eigenvalue weighted by Gasteiger charge is -2.07. The molecule has 2 nitrogen and oxygen atoms in total. The predicted molar refractivity (Wildman–Crippen MR) is 84.8 cm³/mol. The third-order valence-corrected chi connectivity index (χ3v) is 3.56. The third kappa shape index (κ3) is 2.81. The summed E-state index contributed by atoms with van der Waals surface area (Å²) in [5, 5.41) is 11.5. The van der Waals surface area contributed by atoms with E-state index in [1.165, 1.54) is 3.57 Å². The molecule has 1 N–H and O–H groups in total. The Balaban J connectivity index is 1.93. The average Bonchev–Trinajstić information content (AvgIpc) is 2.42. The van der Waals surface area contributed by atoms with Crippen molar-refractivity contribution in [2.24, 2.45) is 0 Å². The first-order valence-electron chi connectivity index (χ1n) is 5.87. The van der Waals surface area contributed by atoms with Crippen molar-refractivity contribution in [2.75, 3.05) is 0 Å². The lowest BCUT2D eigenvalue weighted by molar-refractivity contribution is 0.475. The summed E-state index contributed by atoms with van der Waals surface area (Å²) in [5.74, 6) is 1.89. The summed E-state index contributed by atoms with van der Waals surface area (Å²) in [7, 11) is 0. The number of ether oxygens (including phenoxy) is 1. The van der Waals surface area contributed by atoms with E-state index < -0.39 is 0 Å². The summed E-state index contributed by atoms with van der Waals surface area (Å²) in [6.45, 7) is 0. The van der Waals surface area contributed by atoms with Gasteiger partial charge in [0.25, 0.3) is 0 Å². The van der Waals surface area contributed by atoms with Gasteiger partial charge < -0.3 is 9.84 Å². The largest absolute Gasteiger partial charge is 0.508 e. The Hall–Kier alpha value is -1.75. The summed E-state index contributed by atoms with van der Waals surface area (Å²) in [6, 6.07) is 19.0. The zero-order valence-corrected chi connectivity index (χ0v) is 12.2. The zero-order chi connectivity index (χ0) is 13.2. The first kappa shape index (κ1) is 12.3. The minimum Gasteiger partial charge on any atom is -0.508 e. The van der Waals surface area contributed by atoms with Gasteiger partial charge in [0.2, 0.25) is 0 Å². The molecule has 0 heterocycles. The van der Waals surface area contributed by atoms with Gasteiger partial charge in [-0.1, -0.05) is 12.1 Å². The number of phenols is 1. The fraction of sp³-hybridized carbons (Fsp3) is 0. The van der Waals surface area contributed by atoms with Gasteiger partial charge in [-0.05, 0) is 81.9 Å². The van der Waals surface area contributed by atoms with E-state index in [-0.39, 0.29) is 5.75 Å². The first-order valence-corrected chi connectivity index (χ1v) is 6.95. The summed E-state index contributed by atoms with van der Waals surface area (Å²) in [5.41, 5.74) is 0. The Kier molecular flexibility index (Phi) is 3.29. The Labute approximate surface area is 124 Å². The van der Waals surface area contributed by atoms with E-state index in [9.17, 15) is 5.11 Å². The fourth-order valence-electron chi connectivity index (χ4n) is 1.91. The maximum Gasteiger partial charge on any atom is 0.128 e. The molecule has 0 aliphatic rings. The van der Waals surface area contributed by atoms with Crippen LogP contribution in [-0.4, -0.2) is 5.11 Å². The van der Waals surface area contributed by atoms with Crippen LogP contribution in [0, 0.1) is 3.57 Å². The van der Waals surface area contributed by atoms with Crippen LogP contribution in [0.15, 0.2) is 60.7 Å². The molecule has 3 aromatic carbocycles. The number of hydrogen-bond donors (Lipinski definition) is 1. The Bertz CT molecular complexity index is 720. The molecule has 0 spiro atoms. The van der Waals surface area contributed by atoms with E-state index in [1.54, 1.807) is 12.1 Å². The first-order chi connectivity index (χ1) is 9.20. The number of halogens is 1. The lowest BCUT2D eigenvalue weighted by atomic mass is 10.1. The van der Waals surface area contributed by atoms with E-state index in [0.717, 1.165) is 22.3 Å². The van der Waals surface area contributed by atoms with Crippen molar-refractivity contribution in [3.05, 3.63) is 64.2 Å². The molecule has 0 radical (unpaired) electrons. The van der Waals surface area contributed by atoms with Crippen molar-refractivity contribution in [3.8, 4) is 17.2 Å². The highest BCUT2D eigenvalue weighted by Crippen LogP contribution is 2.27. The number of phenolic OH excluding ortho intramolecular Hbond substituents is 1. The molecule has 0 amide bonds. The maximum absolute atomic E-state index is 9.43. The lowest BCUT2D eigenvalue weighted by Crippen LogP contribution is -1.84. The average molecular weight is 362 g/mol. The number of benzene rings is 3. The van der Waals surface area contributed by atoms with Crippen LogP contribution < -0.4 is 4.74 Å². The second-order valence-corrected chi connectivity index (χ2v) is 5.49. The van der Waals surface area contributed by atoms with Crippen LogP contribution in [0.2, 0.25) is 0 Å². The summed E-state index contributed by atoms with van der Waals surface area (Å²) in [4.78, 5) is 0. The smallest absolute Gasteiger partial charge is 0.128 e. The van der Waals surface area contributed by atoms with Gasteiger partial charge in [-0.25, -0.2) is 0 Å². The molecule has 19 heavy (non-hydrogen) atoms. The SMILES string of the molecule is Oc1ccc2cc(Oc3ccc(I)cc3)ccc2c1. The molecule has 3 heteroatoms. The van der Waals surface area contributed by atoms with E-state index >= 15 is 0 Å². The standard InChI is InChI=1S/C16H11IO2/c17-13-3-7-15(8-4-13)19-16-6-2-11-9-14(18)5-1-12(11)10-16/h1-10,18H. The second-order valence-electron chi connectivity index (χ2n) is 4.25. The minimum absolute atomic E-state index is 0.277. The zero-order valence-electron chi connectivity index (χ0n) is 10.0. The normalized spacial score (nSPS) is 10.6. The van der Waals surface area contributed by atoms with Gasteiger partial charge in [0.05, 0.1) is 0 Å². The van der Waals surface area contributed by atoms with E-state index in [1.807, 2.05) is 48.5 Å². The van der Waals surface area contributed by atoms with Crippen LogP contribution in [0.4, 0.5) is 0 Å². The highest BCUT2D eigenvalue weighted by molar-refractivity contribution is 14.1. The fourth-order valence-corrected chi connectivity index (χ4v) is 2.27. The van der Waals surface area contributed by atoms with Crippen LogP contribution in [0.1, 0.15) is 0 Å². The molecule has 94 valence electrons. The van der Waals surface area contributed by atoms with Gasteiger partial charge in [0.1, 0.15) is 17.2 Å². The van der Waals surface area contributed by atoms with Crippen molar-refractivity contribution in [1.29, 1.82) is 0 Å². The van der Waals surface area contributed by atoms with Crippen LogP contribution in [0.25, 0.3) is 10.8 Å². The molecule has 0 unspecified atom stereocenters. The summed E-state index contributed by atoms with van der Waals surface area (Å²) < 4.78 is 6.99. The highest BCUT2D eigenvalue weighted by atomic mass is 127. The quantitative estimate of drug-likeness (QED) is 0.655. The number of rotatable bonds is 2. The maximum atomic E-state index is 9.43. The summed E-state index contributed by atoms with van der Waals surface area (Å²) >= 11 is 2.26. The number of aromatic hydroxyl groups is 1. The van der Waals surface area contributed by atoms with Gasteiger partial charge >= 0.3 is 0 Å². The Morgan fingerprint density at radius 1 is 0.737 bits per heavy atom. The molecule has 0 fully saturated rings. The van der Waals surface area contributed by atoms with Gasteiger partial charge in [-0.3, -0.25) is 0 Å². The van der Waals surface area contributed by atoms with Crippen molar-refractivity contribution < 1.29 is 9.84 Å². The van der Waals surface area contributed by atoms with Crippen LogP contribution >= 0.6 is 22.6 Å². The molecule has 0 aliphatic heterocycles. The minimum atomic E-state index is 0.277. The van der Waals surface area contributed by atoms with Gasteiger partial charge in [-0.15, -0.1) is 0 Å². The van der Waals surface area contributed by atoms with Gasteiger partial charge in [-0.2, -0.15) is 0 Å². The predicted octanol–water partition coefficient (Wildman–Crippen LogP) is 4.94. The Morgan fingerprint density at radius 2 is 1.37 bits per heavy atom. The summed E-state index contributed by atoms with van der Waals surface area (Å²) in [6.07, 6.45) is 0. The molecule has 0 atom stereocenters. The van der Waals surface area contributed by atoms with Crippen molar-refractivity contribution >= 4 is 33.4 Å². The Morgan fingerprint density at radius 3 is 2.16 bits per heavy atom. The molecule has 0 saturated carbocycles. The topological polar surface area (TPSA) is 29.5 Å². The molecule has 0 bridgehead atoms. The van der Waals surface area contributed by atoms with Gasteiger partial charge in [0, 0.05) is 3.57 Å². The highest BCUT2D eigenvalue weighted by Gasteiger charge is 2.00. The monoisotopic (exact) mass is 362 g/mol. The van der Waals surface area contributed by atoms with Crippen molar-refractivity contribution in [2.45, 2.75) is 0 Å². The van der Waals surface area contributed by atoms with Gasteiger partial charge in [0.15, 0.2) is 0 Å². The van der Waals surface area contributed by atoms with E-state index in [0.29, 0.717) is 0 Å². The van der Waals surface area contributed by atoms with Crippen LogP contribution in [0.5, 0.6) is 17.2 Å². The molecule has 0 saturated heterocycles. The van der Waals surface area contributed by atoms with Crippen LogP contribution in [0.3, 0.4) is 0 Å². The van der Waals surface area contributed by atoms with E-state index in [2.05, 4.69) is 22.6 Å². The molecule has 0 aromatic heterocycles. The molecule has 3 aromatic rings. The number of fused-ring (bicyclic) bond motifs is 1. The molecular weight excluding hydrogens is 351 g/mol. The van der Waals surface area contributed by atoms with Crippen molar-refractivity contribution in [1.82, 2.24) is 0 Å². The number of hydrogen-bond acceptors (Lipinski definition) is 2.